The second kappa shape index (κ2) is 12.3. The Labute approximate surface area is 212 Å². The van der Waals surface area contributed by atoms with Gasteiger partial charge in [0.25, 0.3) is 0 Å². The quantitative estimate of drug-likeness (QED) is 0.409. The molecule has 8 heteroatoms. The SMILES string of the molecule is COCCCc1cc(CN(C(=O)C2CNCCC2(O)c2cccs2)C2CC2)cc(OCCOC)c1. The third-order valence-corrected chi connectivity index (χ3v) is 7.91. The van der Waals surface area contributed by atoms with E-state index in [0.29, 0.717) is 45.9 Å². The summed E-state index contributed by atoms with van der Waals surface area (Å²) in [6.45, 7) is 3.40. The first-order valence-corrected chi connectivity index (χ1v) is 13.4. The van der Waals surface area contributed by atoms with E-state index in [1.165, 1.54) is 16.9 Å². The minimum Gasteiger partial charge on any atom is -0.491 e. The Morgan fingerprint density at radius 1 is 1.17 bits per heavy atom. The molecule has 1 aliphatic heterocycles. The Morgan fingerprint density at radius 2 is 1.97 bits per heavy atom. The molecule has 1 aromatic carbocycles. The van der Waals surface area contributed by atoms with Crippen molar-refractivity contribution in [2.24, 2.45) is 5.92 Å². The lowest BCUT2D eigenvalue weighted by atomic mass is 9.79. The fourth-order valence-electron chi connectivity index (χ4n) is 4.86. The summed E-state index contributed by atoms with van der Waals surface area (Å²) in [6, 6.07) is 10.4. The first-order valence-electron chi connectivity index (χ1n) is 12.6. The van der Waals surface area contributed by atoms with Crippen LogP contribution in [0.4, 0.5) is 0 Å². The standard InChI is InChI=1S/C27H38N2O5S/c1-32-11-3-5-20-15-21(17-23(16-20)34-13-12-33-2)19-29(22-7-8-22)26(30)24-18-28-10-9-27(24,31)25-6-4-14-35-25/h4,6,14-17,22,24,28,31H,3,5,7-13,18-19H2,1-2H3. The van der Waals surface area contributed by atoms with E-state index in [-0.39, 0.29) is 11.9 Å². The van der Waals surface area contributed by atoms with Gasteiger partial charge in [-0.3, -0.25) is 4.79 Å². The molecule has 4 rings (SSSR count). The van der Waals surface area contributed by atoms with Gasteiger partial charge in [0.2, 0.25) is 5.91 Å². The summed E-state index contributed by atoms with van der Waals surface area (Å²) in [5.74, 6) is 0.324. The second-order valence-corrected chi connectivity index (χ2v) is 10.5. The molecule has 0 radical (unpaired) electrons. The fourth-order valence-corrected chi connectivity index (χ4v) is 5.77. The van der Waals surface area contributed by atoms with Crippen LogP contribution in [0.2, 0.25) is 0 Å². The van der Waals surface area contributed by atoms with Gasteiger partial charge < -0.3 is 29.5 Å². The molecular formula is C27H38N2O5S. The van der Waals surface area contributed by atoms with Crippen LogP contribution in [0, 0.1) is 5.92 Å². The van der Waals surface area contributed by atoms with Crippen LogP contribution in [-0.2, 0) is 32.8 Å². The molecule has 0 spiro atoms. The fraction of sp³-hybridized carbons (Fsp3) is 0.593. The molecule has 7 nitrogen and oxygen atoms in total. The topological polar surface area (TPSA) is 80.3 Å². The number of amides is 1. The van der Waals surface area contributed by atoms with Gasteiger partial charge >= 0.3 is 0 Å². The summed E-state index contributed by atoms with van der Waals surface area (Å²) < 4.78 is 16.3. The number of ether oxygens (including phenoxy) is 3. The van der Waals surface area contributed by atoms with E-state index in [9.17, 15) is 9.90 Å². The van der Waals surface area contributed by atoms with Crippen molar-refractivity contribution in [1.29, 1.82) is 0 Å². The van der Waals surface area contributed by atoms with Gasteiger partial charge in [-0.15, -0.1) is 11.3 Å². The molecule has 192 valence electrons. The smallest absolute Gasteiger partial charge is 0.230 e. The number of aliphatic hydroxyl groups is 1. The van der Waals surface area contributed by atoms with E-state index in [1.54, 1.807) is 14.2 Å². The zero-order valence-electron chi connectivity index (χ0n) is 20.8. The summed E-state index contributed by atoms with van der Waals surface area (Å²) in [5.41, 5.74) is 1.10. The number of hydrogen-bond acceptors (Lipinski definition) is 7. The number of rotatable bonds is 13. The van der Waals surface area contributed by atoms with Crippen LogP contribution < -0.4 is 10.1 Å². The molecule has 2 heterocycles. The highest BCUT2D eigenvalue weighted by Gasteiger charge is 2.48. The third-order valence-electron chi connectivity index (χ3n) is 6.87. The third kappa shape index (κ3) is 6.62. The summed E-state index contributed by atoms with van der Waals surface area (Å²) in [6.07, 6.45) is 4.35. The number of piperidine rings is 1. The van der Waals surface area contributed by atoms with Crippen molar-refractivity contribution in [1.82, 2.24) is 10.2 Å². The van der Waals surface area contributed by atoms with E-state index >= 15 is 0 Å². The average Bonchev–Trinajstić information content (AvgIpc) is 3.54. The first kappa shape index (κ1) is 26.1. The molecule has 2 fully saturated rings. The highest BCUT2D eigenvalue weighted by atomic mass is 32.1. The molecule has 2 N–H and O–H groups in total. The van der Waals surface area contributed by atoms with Crippen molar-refractivity contribution in [2.75, 3.05) is 47.1 Å². The number of aryl methyl sites for hydroxylation is 1. The normalized spacial score (nSPS) is 22.2. The Hall–Kier alpha value is -1.97. The minimum absolute atomic E-state index is 0.0298. The Kier molecular flexibility index (Phi) is 9.19. The monoisotopic (exact) mass is 502 g/mol. The highest BCUT2D eigenvalue weighted by Crippen LogP contribution is 2.41. The van der Waals surface area contributed by atoms with Gasteiger partial charge in [0, 0.05) is 44.8 Å². The van der Waals surface area contributed by atoms with E-state index in [1.807, 2.05) is 28.5 Å². The predicted octanol–water partition coefficient (Wildman–Crippen LogP) is 3.34. The Balaban J connectivity index is 1.55. The molecular weight excluding hydrogens is 464 g/mol. The van der Waals surface area contributed by atoms with Gasteiger partial charge in [0.05, 0.1) is 12.5 Å². The van der Waals surface area contributed by atoms with Gasteiger partial charge in [0.15, 0.2) is 0 Å². The van der Waals surface area contributed by atoms with Crippen molar-refractivity contribution in [2.45, 2.75) is 50.3 Å². The maximum Gasteiger partial charge on any atom is 0.230 e. The predicted molar refractivity (Wildman–Crippen MR) is 137 cm³/mol. The van der Waals surface area contributed by atoms with Crippen molar-refractivity contribution in [3.63, 3.8) is 0 Å². The zero-order valence-corrected chi connectivity index (χ0v) is 21.6. The molecule has 1 saturated heterocycles. The van der Waals surface area contributed by atoms with Gasteiger partial charge in [-0.25, -0.2) is 0 Å². The summed E-state index contributed by atoms with van der Waals surface area (Å²) in [5, 5.41) is 17.0. The number of benzene rings is 1. The molecule has 1 aromatic heterocycles. The molecule has 2 atom stereocenters. The molecule has 1 aliphatic carbocycles. The van der Waals surface area contributed by atoms with Crippen LogP contribution in [0.1, 0.15) is 41.7 Å². The summed E-state index contributed by atoms with van der Waals surface area (Å²) in [7, 11) is 3.37. The highest BCUT2D eigenvalue weighted by molar-refractivity contribution is 7.10. The van der Waals surface area contributed by atoms with Crippen LogP contribution in [0.25, 0.3) is 0 Å². The van der Waals surface area contributed by atoms with Crippen LogP contribution in [0.15, 0.2) is 35.7 Å². The Morgan fingerprint density at radius 3 is 2.69 bits per heavy atom. The van der Waals surface area contributed by atoms with Crippen molar-refractivity contribution >= 4 is 17.2 Å². The zero-order chi connectivity index (χ0) is 24.7. The van der Waals surface area contributed by atoms with Crippen LogP contribution in [-0.4, -0.2) is 69.1 Å². The van der Waals surface area contributed by atoms with E-state index in [0.717, 1.165) is 41.9 Å². The lowest BCUT2D eigenvalue weighted by molar-refractivity contribution is -0.150. The molecule has 2 aliphatic rings. The van der Waals surface area contributed by atoms with E-state index < -0.39 is 11.5 Å². The molecule has 0 bridgehead atoms. The number of carbonyl (C=O) groups excluding carboxylic acids is 1. The van der Waals surface area contributed by atoms with Gasteiger partial charge in [-0.05, 0) is 73.4 Å². The van der Waals surface area contributed by atoms with E-state index in [4.69, 9.17) is 14.2 Å². The lowest BCUT2D eigenvalue weighted by Crippen LogP contribution is -2.55. The van der Waals surface area contributed by atoms with Crippen LogP contribution in [0.5, 0.6) is 5.75 Å². The average molecular weight is 503 g/mol. The number of thiophene rings is 1. The lowest BCUT2D eigenvalue weighted by Gasteiger charge is -2.41. The molecule has 1 amide bonds. The number of nitrogens with zero attached hydrogens (tertiary/aromatic N) is 1. The number of hydrogen-bond donors (Lipinski definition) is 2. The summed E-state index contributed by atoms with van der Waals surface area (Å²) in [4.78, 5) is 16.8. The van der Waals surface area contributed by atoms with Crippen LogP contribution >= 0.6 is 11.3 Å². The minimum atomic E-state index is -1.12. The van der Waals surface area contributed by atoms with Crippen molar-refractivity contribution in [3.05, 3.63) is 51.7 Å². The molecule has 2 unspecified atom stereocenters. The van der Waals surface area contributed by atoms with Gasteiger partial charge in [0.1, 0.15) is 18.0 Å². The van der Waals surface area contributed by atoms with Gasteiger partial charge in [-0.1, -0.05) is 12.1 Å². The maximum absolute atomic E-state index is 14.0. The van der Waals surface area contributed by atoms with Crippen LogP contribution in [0.3, 0.4) is 0 Å². The van der Waals surface area contributed by atoms with E-state index in [2.05, 4.69) is 17.4 Å². The summed E-state index contributed by atoms with van der Waals surface area (Å²) >= 11 is 1.53. The Bertz CT molecular complexity index is 921. The van der Waals surface area contributed by atoms with Crippen molar-refractivity contribution in [3.8, 4) is 5.75 Å². The van der Waals surface area contributed by atoms with Crippen molar-refractivity contribution < 1.29 is 24.1 Å². The van der Waals surface area contributed by atoms with Gasteiger partial charge in [-0.2, -0.15) is 0 Å². The first-order chi connectivity index (χ1) is 17.0. The molecule has 35 heavy (non-hydrogen) atoms. The molecule has 2 aromatic rings. The number of nitrogens with one attached hydrogen (secondary N) is 1. The molecule has 1 saturated carbocycles. The largest absolute Gasteiger partial charge is 0.491 e. The maximum atomic E-state index is 14.0. The number of carbonyl (C=O) groups is 1. The number of methoxy groups -OCH3 is 2. The second-order valence-electron chi connectivity index (χ2n) is 9.53.